The molecule has 1 saturated heterocycles. The van der Waals surface area contributed by atoms with Gasteiger partial charge in [-0.1, -0.05) is 20.3 Å². The molecule has 1 aliphatic heterocycles. The normalized spacial score (nSPS) is 30.2. The Balaban J connectivity index is 1.63. The summed E-state index contributed by atoms with van der Waals surface area (Å²) in [6.45, 7) is 8.22. The van der Waals surface area contributed by atoms with Crippen LogP contribution in [0.1, 0.15) is 33.1 Å². The number of hydrogen-bond acceptors (Lipinski definition) is 4. The summed E-state index contributed by atoms with van der Waals surface area (Å²) in [6.07, 6.45) is 6.02. The highest BCUT2D eigenvalue weighted by atomic mass is 16.5. The predicted octanol–water partition coefficient (Wildman–Crippen LogP) is 3.15. The molecule has 1 aliphatic carbocycles. The number of pyridine rings is 1. The molecule has 116 valence electrons. The van der Waals surface area contributed by atoms with Gasteiger partial charge in [-0.25, -0.2) is 4.98 Å². The fraction of sp³-hybridized carbons (Fsp3) is 0.706. The molecular weight excluding hydrogens is 262 g/mol. The summed E-state index contributed by atoms with van der Waals surface area (Å²) < 4.78 is 5.39. The van der Waals surface area contributed by atoms with E-state index in [-0.39, 0.29) is 0 Å². The van der Waals surface area contributed by atoms with Gasteiger partial charge in [0, 0.05) is 19.1 Å². The van der Waals surface area contributed by atoms with E-state index in [4.69, 9.17) is 4.74 Å². The largest absolute Gasteiger partial charge is 0.381 e. The van der Waals surface area contributed by atoms with E-state index in [1.165, 1.54) is 19.3 Å². The molecule has 4 nitrogen and oxygen atoms in total. The van der Waals surface area contributed by atoms with Gasteiger partial charge in [-0.15, -0.1) is 0 Å². The Morgan fingerprint density at radius 1 is 1.14 bits per heavy atom. The van der Waals surface area contributed by atoms with Crippen LogP contribution in [-0.2, 0) is 4.74 Å². The molecule has 3 rings (SSSR count). The Bertz CT molecular complexity index is 432. The second-order valence-electron chi connectivity index (χ2n) is 6.56. The SMILES string of the molecule is CC1CCCC(C)C1Nc1ccc(N2CCOCC2)nc1. The summed E-state index contributed by atoms with van der Waals surface area (Å²) in [4.78, 5) is 6.92. The van der Waals surface area contributed by atoms with Gasteiger partial charge < -0.3 is 15.0 Å². The smallest absolute Gasteiger partial charge is 0.128 e. The zero-order valence-electron chi connectivity index (χ0n) is 13.2. The van der Waals surface area contributed by atoms with Crippen LogP contribution in [0.4, 0.5) is 11.5 Å². The molecule has 0 amide bonds. The van der Waals surface area contributed by atoms with Crippen LogP contribution in [0.25, 0.3) is 0 Å². The molecule has 2 aliphatic rings. The highest BCUT2D eigenvalue weighted by Crippen LogP contribution is 2.31. The average molecular weight is 289 g/mol. The quantitative estimate of drug-likeness (QED) is 0.927. The van der Waals surface area contributed by atoms with Crippen molar-refractivity contribution >= 4 is 11.5 Å². The second kappa shape index (κ2) is 6.65. The van der Waals surface area contributed by atoms with Crippen molar-refractivity contribution < 1.29 is 4.74 Å². The molecule has 2 fully saturated rings. The van der Waals surface area contributed by atoms with Crippen molar-refractivity contribution in [2.24, 2.45) is 11.8 Å². The molecule has 1 aromatic heterocycles. The first-order valence-corrected chi connectivity index (χ1v) is 8.29. The highest BCUT2D eigenvalue weighted by Gasteiger charge is 2.27. The van der Waals surface area contributed by atoms with E-state index in [1.807, 2.05) is 6.20 Å². The third-order valence-electron chi connectivity index (χ3n) is 4.96. The van der Waals surface area contributed by atoms with Crippen molar-refractivity contribution in [2.75, 3.05) is 36.5 Å². The number of rotatable bonds is 3. The Morgan fingerprint density at radius 2 is 1.86 bits per heavy atom. The van der Waals surface area contributed by atoms with Gasteiger partial charge >= 0.3 is 0 Å². The summed E-state index contributed by atoms with van der Waals surface area (Å²) >= 11 is 0. The topological polar surface area (TPSA) is 37.4 Å². The van der Waals surface area contributed by atoms with Crippen LogP contribution >= 0.6 is 0 Å². The van der Waals surface area contributed by atoms with E-state index in [9.17, 15) is 0 Å². The summed E-state index contributed by atoms with van der Waals surface area (Å²) in [5.41, 5.74) is 1.15. The van der Waals surface area contributed by atoms with Crippen molar-refractivity contribution in [3.63, 3.8) is 0 Å². The van der Waals surface area contributed by atoms with Crippen LogP contribution in [0.5, 0.6) is 0 Å². The first-order valence-electron chi connectivity index (χ1n) is 8.29. The molecule has 2 atom stereocenters. The molecule has 21 heavy (non-hydrogen) atoms. The minimum atomic E-state index is 0.579. The second-order valence-corrected chi connectivity index (χ2v) is 6.56. The zero-order valence-corrected chi connectivity index (χ0v) is 13.2. The lowest BCUT2D eigenvalue weighted by molar-refractivity contribution is 0.122. The van der Waals surface area contributed by atoms with Crippen molar-refractivity contribution in [3.05, 3.63) is 18.3 Å². The lowest BCUT2D eigenvalue weighted by Crippen LogP contribution is -2.37. The van der Waals surface area contributed by atoms with Gasteiger partial charge in [0.15, 0.2) is 0 Å². The molecule has 2 heterocycles. The van der Waals surface area contributed by atoms with Gasteiger partial charge in [0.1, 0.15) is 5.82 Å². The third kappa shape index (κ3) is 3.49. The highest BCUT2D eigenvalue weighted by molar-refractivity contribution is 5.49. The molecule has 2 unspecified atom stereocenters. The van der Waals surface area contributed by atoms with Crippen LogP contribution in [0, 0.1) is 11.8 Å². The van der Waals surface area contributed by atoms with Crippen molar-refractivity contribution in [1.29, 1.82) is 0 Å². The minimum Gasteiger partial charge on any atom is -0.381 e. The summed E-state index contributed by atoms with van der Waals surface area (Å²) in [7, 11) is 0. The van der Waals surface area contributed by atoms with Crippen LogP contribution in [0.15, 0.2) is 18.3 Å². The number of anilines is 2. The predicted molar refractivity (Wildman–Crippen MR) is 86.9 cm³/mol. The van der Waals surface area contributed by atoms with E-state index in [0.717, 1.165) is 49.6 Å². The molecule has 4 heteroatoms. The summed E-state index contributed by atoms with van der Waals surface area (Å²) in [5.74, 6) is 2.55. The number of nitrogens with one attached hydrogen (secondary N) is 1. The van der Waals surface area contributed by atoms with E-state index in [0.29, 0.717) is 6.04 Å². The lowest BCUT2D eigenvalue weighted by atomic mass is 9.78. The molecular formula is C17H27N3O. The number of aromatic nitrogens is 1. The maximum absolute atomic E-state index is 5.39. The first-order chi connectivity index (χ1) is 10.2. The monoisotopic (exact) mass is 289 g/mol. The molecule has 0 bridgehead atoms. The molecule has 1 N–H and O–H groups in total. The van der Waals surface area contributed by atoms with Crippen LogP contribution in [0.2, 0.25) is 0 Å². The standard InChI is InChI=1S/C17H27N3O/c1-13-4-3-5-14(2)17(13)19-15-6-7-16(18-12-15)20-8-10-21-11-9-20/h6-7,12-14,17,19H,3-5,8-11H2,1-2H3. The van der Waals surface area contributed by atoms with Crippen molar-refractivity contribution in [3.8, 4) is 0 Å². The molecule has 0 spiro atoms. The fourth-order valence-corrected chi connectivity index (χ4v) is 3.61. The first kappa shape index (κ1) is 14.6. The van der Waals surface area contributed by atoms with E-state index >= 15 is 0 Å². The van der Waals surface area contributed by atoms with Gasteiger partial charge in [-0.05, 0) is 36.8 Å². The molecule has 1 saturated carbocycles. The maximum Gasteiger partial charge on any atom is 0.128 e. The fourth-order valence-electron chi connectivity index (χ4n) is 3.61. The van der Waals surface area contributed by atoms with Crippen LogP contribution < -0.4 is 10.2 Å². The maximum atomic E-state index is 5.39. The van der Waals surface area contributed by atoms with Crippen molar-refractivity contribution in [1.82, 2.24) is 4.98 Å². The average Bonchev–Trinajstić information content (AvgIpc) is 2.53. The van der Waals surface area contributed by atoms with Gasteiger partial charge in [0.2, 0.25) is 0 Å². The summed E-state index contributed by atoms with van der Waals surface area (Å²) in [6, 6.07) is 4.88. The number of morpholine rings is 1. The number of nitrogens with zero attached hydrogens (tertiary/aromatic N) is 2. The van der Waals surface area contributed by atoms with Gasteiger partial charge in [0.05, 0.1) is 25.1 Å². The Kier molecular flexibility index (Phi) is 4.63. The van der Waals surface area contributed by atoms with Crippen LogP contribution in [-0.4, -0.2) is 37.3 Å². The van der Waals surface area contributed by atoms with Gasteiger partial charge in [0.25, 0.3) is 0 Å². The summed E-state index contributed by atoms with van der Waals surface area (Å²) in [5, 5.41) is 3.70. The Morgan fingerprint density at radius 3 is 2.48 bits per heavy atom. The van der Waals surface area contributed by atoms with E-state index < -0.39 is 0 Å². The molecule has 0 radical (unpaired) electrons. The lowest BCUT2D eigenvalue weighted by Gasteiger charge is -2.36. The van der Waals surface area contributed by atoms with Gasteiger partial charge in [-0.2, -0.15) is 0 Å². The van der Waals surface area contributed by atoms with Gasteiger partial charge in [-0.3, -0.25) is 0 Å². The minimum absolute atomic E-state index is 0.579. The Hall–Kier alpha value is -1.29. The third-order valence-corrected chi connectivity index (χ3v) is 4.96. The number of hydrogen-bond donors (Lipinski definition) is 1. The zero-order chi connectivity index (χ0) is 14.7. The number of ether oxygens (including phenoxy) is 1. The molecule has 1 aromatic rings. The van der Waals surface area contributed by atoms with E-state index in [2.05, 4.69) is 41.2 Å². The van der Waals surface area contributed by atoms with Crippen molar-refractivity contribution in [2.45, 2.75) is 39.2 Å². The van der Waals surface area contributed by atoms with Crippen LogP contribution in [0.3, 0.4) is 0 Å². The molecule has 0 aromatic carbocycles. The van der Waals surface area contributed by atoms with E-state index in [1.54, 1.807) is 0 Å². The Labute approximate surface area is 127 Å².